The van der Waals surface area contributed by atoms with Gasteiger partial charge in [-0.15, -0.1) is 0 Å². The molecule has 1 rings (SSSR count). The van der Waals surface area contributed by atoms with Gasteiger partial charge in [0.05, 0.1) is 11.2 Å². The molecule has 0 aliphatic rings. The van der Waals surface area contributed by atoms with Crippen molar-refractivity contribution < 1.29 is 56.5 Å². The third-order valence-electron chi connectivity index (χ3n) is 0.810. The zero-order valence-corrected chi connectivity index (χ0v) is 10.9. The van der Waals surface area contributed by atoms with Crippen LogP contribution < -0.4 is 56.5 Å². The van der Waals surface area contributed by atoms with Gasteiger partial charge in [0.15, 0.2) is 0 Å². The van der Waals surface area contributed by atoms with Gasteiger partial charge in [0.2, 0.25) is 0 Å². The molecule has 0 radical (unpaired) electrons. The van der Waals surface area contributed by atoms with Crippen molar-refractivity contribution in [1.29, 1.82) is 0 Å². The standard InChI is InChI=1S/C4H4ClN2O.C2H6.K/c5-3-1-6-7-4(3)2-8;1-2;/h1H,2H2,(H,6,7);1-2H3;/q-1;;+1. The Balaban J connectivity index is 0. The molecule has 1 aromatic heterocycles. The quantitative estimate of drug-likeness (QED) is 0.531. The SMILES string of the molecule is CC.[K+].[O-]Cc1[nH]ncc1Cl. The van der Waals surface area contributed by atoms with Gasteiger partial charge in [-0.3, -0.25) is 5.10 Å². The van der Waals surface area contributed by atoms with Gasteiger partial charge in [-0.05, 0) is 0 Å². The number of aromatic amines is 1. The van der Waals surface area contributed by atoms with Gasteiger partial charge >= 0.3 is 51.4 Å². The fourth-order valence-electron chi connectivity index (χ4n) is 0.399. The predicted molar refractivity (Wildman–Crippen MR) is 38.6 cm³/mol. The number of H-pyrrole nitrogens is 1. The van der Waals surface area contributed by atoms with Gasteiger partial charge in [0, 0.05) is 5.69 Å². The summed E-state index contributed by atoms with van der Waals surface area (Å²) in [7, 11) is 0. The van der Waals surface area contributed by atoms with Crippen LogP contribution in [0.2, 0.25) is 5.02 Å². The van der Waals surface area contributed by atoms with E-state index in [1.165, 1.54) is 6.20 Å². The van der Waals surface area contributed by atoms with Crippen molar-refractivity contribution in [3.63, 3.8) is 0 Å². The first-order valence-electron chi connectivity index (χ1n) is 3.10. The summed E-state index contributed by atoms with van der Waals surface area (Å²) in [5.41, 5.74) is 0.451. The molecule has 5 heteroatoms. The molecule has 0 aliphatic carbocycles. The summed E-state index contributed by atoms with van der Waals surface area (Å²) in [4.78, 5) is 0. The zero-order chi connectivity index (χ0) is 7.98. The fraction of sp³-hybridized carbons (Fsp3) is 0.500. The molecule has 0 atom stereocenters. The normalized spacial score (nSPS) is 7.64. The first kappa shape index (κ1) is 14.6. The molecule has 0 saturated carbocycles. The van der Waals surface area contributed by atoms with E-state index in [9.17, 15) is 5.11 Å². The van der Waals surface area contributed by atoms with E-state index in [4.69, 9.17) is 11.6 Å². The summed E-state index contributed by atoms with van der Waals surface area (Å²) in [6, 6.07) is 0. The number of nitrogens with zero attached hydrogens (tertiary/aromatic N) is 1. The minimum absolute atomic E-state index is 0. The second kappa shape index (κ2) is 9.19. The van der Waals surface area contributed by atoms with Crippen LogP contribution in [0.25, 0.3) is 0 Å². The number of hydrogen-bond acceptors (Lipinski definition) is 2. The average Bonchev–Trinajstić information content (AvgIpc) is 2.39. The second-order valence-electron chi connectivity index (χ2n) is 1.34. The van der Waals surface area contributed by atoms with E-state index >= 15 is 0 Å². The minimum atomic E-state index is -0.334. The number of halogens is 1. The van der Waals surface area contributed by atoms with E-state index in [2.05, 4.69) is 10.2 Å². The molecule has 11 heavy (non-hydrogen) atoms. The Morgan fingerprint density at radius 1 is 1.64 bits per heavy atom. The van der Waals surface area contributed by atoms with Crippen LogP contribution in [0, 0.1) is 0 Å². The molecule has 0 aromatic carbocycles. The van der Waals surface area contributed by atoms with Crippen molar-refractivity contribution in [1.82, 2.24) is 10.2 Å². The first-order chi connectivity index (χ1) is 4.84. The van der Waals surface area contributed by atoms with Crippen LogP contribution in [0.4, 0.5) is 0 Å². The maximum atomic E-state index is 10.1. The second-order valence-corrected chi connectivity index (χ2v) is 1.75. The van der Waals surface area contributed by atoms with E-state index < -0.39 is 0 Å². The smallest absolute Gasteiger partial charge is 0.850 e. The minimum Gasteiger partial charge on any atom is -0.850 e. The van der Waals surface area contributed by atoms with E-state index in [1.807, 2.05) is 13.8 Å². The van der Waals surface area contributed by atoms with Crippen molar-refractivity contribution in [2.24, 2.45) is 0 Å². The molecular formula is C6H10ClKN2O. The van der Waals surface area contributed by atoms with Crippen LogP contribution in [0.3, 0.4) is 0 Å². The van der Waals surface area contributed by atoms with Crippen LogP contribution in [-0.4, -0.2) is 10.2 Å². The van der Waals surface area contributed by atoms with Gasteiger partial charge in [0.1, 0.15) is 0 Å². The van der Waals surface area contributed by atoms with Crippen LogP contribution in [0.1, 0.15) is 19.5 Å². The van der Waals surface area contributed by atoms with Crippen molar-refractivity contribution in [2.75, 3.05) is 0 Å². The molecule has 1 heterocycles. The summed E-state index contributed by atoms with van der Waals surface area (Å²) in [6.07, 6.45) is 1.41. The summed E-state index contributed by atoms with van der Waals surface area (Å²) < 4.78 is 0. The van der Waals surface area contributed by atoms with Crippen molar-refractivity contribution in [3.8, 4) is 0 Å². The third-order valence-corrected chi connectivity index (χ3v) is 1.14. The number of rotatable bonds is 1. The monoisotopic (exact) mass is 200 g/mol. The number of hydrogen-bond donors (Lipinski definition) is 1. The fourth-order valence-corrected chi connectivity index (χ4v) is 0.545. The molecule has 3 nitrogen and oxygen atoms in total. The maximum absolute atomic E-state index is 10.1. The Hall–Kier alpha value is 1.10. The summed E-state index contributed by atoms with van der Waals surface area (Å²) in [6.45, 7) is 3.67. The maximum Gasteiger partial charge on any atom is 1.00 e. The van der Waals surface area contributed by atoms with Gasteiger partial charge in [-0.25, -0.2) is 0 Å². The molecule has 0 unspecified atom stereocenters. The molecule has 1 aromatic rings. The third kappa shape index (κ3) is 5.35. The number of nitrogens with one attached hydrogen (secondary N) is 1. The van der Waals surface area contributed by atoms with Gasteiger partial charge in [-0.2, -0.15) is 5.10 Å². The van der Waals surface area contributed by atoms with E-state index in [-0.39, 0.29) is 58.0 Å². The number of aromatic nitrogens is 2. The molecular weight excluding hydrogens is 191 g/mol. The molecule has 0 amide bonds. The Bertz CT molecular complexity index is 181. The van der Waals surface area contributed by atoms with Gasteiger partial charge < -0.3 is 5.11 Å². The molecule has 0 aliphatic heterocycles. The van der Waals surface area contributed by atoms with E-state index in [0.717, 1.165) is 0 Å². The molecule has 0 saturated heterocycles. The predicted octanol–water partition coefficient (Wildman–Crippen LogP) is -2.05. The molecule has 0 spiro atoms. The van der Waals surface area contributed by atoms with Crippen LogP contribution in [-0.2, 0) is 6.61 Å². The Morgan fingerprint density at radius 2 is 2.18 bits per heavy atom. The Morgan fingerprint density at radius 3 is 2.36 bits per heavy atom. The van der Waals surface area contributed by atoms with Crippen molar-refractivity contribution in [3.05, 3.63) is 16.9 Å². The summed E-state index contributed by atoms with van der Waals surface area (Å²) >= 11 is 5.45. The Labute approximate surface area is 114 Å². The molecule has 0 fully saturated rings. The largest absolute Gasteiger partial charge is 1.00 e. The first-order valence-corrected chi connectivity index (χ1v) is 3.48. The van der Waals surface area contributed by atoms with Gasteiger partial charge in [0.25, 0.3) is 0 Å². The van der Waals surface area contributed by atoms with E-state index in [1.54, 1.807) is 0 Å². The van der Waals surface area contributed by atoms with Crippen LogP contribution in [0.5, 0.6) is 0 Å². The van der Waals surface area contributed by atoms with E-state index in [0.29, 0.717) is 10.7 Å². The molecule has 1 N–H and O–H groups in total. The van der Waals surface area contributed by atoms with Crippen LogP contribution in [0.15, 0.2) is 6.20 Å². The van der Waals surface area contributed by atoms with Gasteiger partial charge in [-0.1, -0.05) is 32.1 Å². The van der Waals surface area contributed by atoms with Crippen molar-refractivity contribution >= 4 is 11.6 Å². The van der Waals surface area contributed by atoms with Crippen LogP contribution >= 0.6 is 11.6 Å². The zero-order valence-electron chi connectivity index (χ0n) is 7.02. The summed E-state index contributed by atoms with van der Waals surface area (Å²) in [5.74, 6) is 0. The average molecular weight is 201 g/mol. The topological polar surface area (TPSA) is 51.7 Å². The molecule has 58 valence electrons. The summed E-state index contributed by atoms with van der Waals surface area (Å²) in [5, 5.41) is 16.5. The Kier molecular flexibility index (Phi) is 12.2. The van der Waals surface area contributed by atoms with Crippen molar-refractivity contribution in [2.45, 2.75) is 20.5 Å². The molecule has 0 bridgehead atoms.